The van der Waals surface area contributed by atoms with Gasteiger partial charge in [-0.05, 0) is 53.6 Å². The van der Waals surface area contributed by atoms with Crippen LogP contribution in [0.15, 0.2) is 36.4 Å². The van der Waals surface area contributed by atoms with Gasteiger partial charge >= 0.3 is 0 Å². The molecule has 0 spiro atoms. The van der Waals surface area contributed by atoms with Crippen molar-refractivity contribution in [2.75, 3.05) is 5.73 Å². The van der Waals surface area contributed by atoms with Gasteiger partial charge in [0.1, 0.15) is 12.4 Å². The first-order chi connectivity index (χ1) is 9.79. The van der Waals surface area contributed by atoms with E-state index in [1.54, 1.807) is 0 Å². The number of hydrogen-bond donors (Lipinski definition) is 1. The quantitative estimate of drug-likeness (QED) is 0.824. The van der Waals surface area contributed by atoms with Crippen LogP contribution in [0.25, 0.3) is 0 Å². The van der Waals surface area contributed by atoms with Crippen molar-refractivity contribution >= 4 is 5.69 Å². The maximum atomic E-state index is 5.97. The molecule has 0 aliphatic carbocycles. The molecule has 0 unspecified atom stereocenters. The van der Waals surface area contributed by atoms with Crippen LogP contribution < -0.4 is 10.5 Å². The Morgan fingerprint density at radius 1 is 1.05 bits per heavy atom. The average molecular weight is 283 g/mol. The normalized spacial score (nSPS) is 11.5. The molecule has 2 rings (SSSR count). The van der Waals surface area contributed by atoms with E-state index in [1.807, 2.05) is 19.1 Å². The fraction of sp³-hybridized carbons (Fsp3) is 0.368. The molecule has 0 fully saturated rings. The Balaban J connectivity index is 2.16. The van der Waals surface area contributed by atoms with Gasteiger partial charge in [-0.1, -0.05) is 45.0 Å². The molecule has 2 aromatic rings. The Bertz CT molecular complexity index is 638. The van der Waals surface area contributed by atoms with Gasteiger partial charge in [0, 0.05) is 5.69 Å². The smallest absolute Gasteiger partial charge is 0.122 e. The van der Waals surface area contributed by atoms with Crippen molar-refractivity contribution < 1.29 is 4.74 Å². The summed E-state index contributed by atoms with van der Waals surface area (Å²) in [5.41, 5.74) is 11.6. The van der Waals surface area contributed by atoms with Crippen LogP contribution in [0.4, 0.5) is 5.69 Å². The lowest BCUT2D eigenvalue weighted by molar-refractivity contribution is 0.303. The fourth-order valence-corrected chi connectivity index (χ4v) is 2.29. The molecular formula is C19H25NO. The predicted molar refractivity (Wildman–Crippen MR) is 89.8 cm³/mol. The minimum Gasteiger partial charge on any atom is -0.489 e. The Hall–Kier alpha value is -1.96. The van der Waals surface area contributed by atoms with Crippen molar-refractivity contribution in [2.24, 2.45) is 0 Å². The summed E-state index contributed by atoms with van der Waals surface area (Å²) < 4.78 is 5.97. The summed E-state index contributed by atoms with van der Waals surface area (Å²) in [5, 5.41) is 0. The molecule has 21 heavy (non-hydrogen) atoms. The van der Waals surface area contributed by atoms with E-state index >= 15 is 0 Å². The Kier molecular flexibility index (Phi) is 4.26. The highest BCUT2D eigenvalue weighted by Crippen LogP contribution is 2.28. The van der Waals surface area contributed by atoms with Gasteiger partial charge in [-0.25, -0.2) is 0 Å². The van der Waals surface area contributed by atoms with Crippen molar-refractivity contribution in [3.63, 3.8) is 0 Å². The van der Waals surface area contributed by atoms with Crippen LogP contribution in [0.2, 0.25) is 0 Å². The van der Waals surface area contributed by atoms with E-state index in [9.17, 15) is 0 Å². The van der Waals surface area contributed by atoms with Crippen molar-refractivity contribution in [1.29, 1.82) is 0 Å². The molecule has 0 saturated carbocycles. The van der Waals surface area contributed by atoms with E-state index in [1.165, 1.54) is 11.1 Å². The maximum Gasteiger partial charge on any atom is 0.122 e. The van der Waals surface area contributed by atoms with Crippen LogP contribution in [-0.2, 0) is 12.0 Å². The molecule has 2 nitrogen and oxygen atoms in total. The number of anilines is 1. The Morgan fingerprint density at radius 3 is 2.38 bits per heavy atom. The molecule has 0 radical (unpaired) electrons. The lowest BCUT2D eigenvalue weighted by Crippen LogP contribution is -2.11. The van der Waals surface area contributed by atoms with Gasteiger partial charge in [-0.3, -0.25) is 0 Å². The molecule has 0 atom stereocenters. The second kappa shape index (κ2) is 5.80. The molecule has 0 amide bonds. The standard InChI is InChI=1S/C19H25NO/c1-13-11-16(19(3,4)5)9-10-18(13)21-12-15-7-6-8-17(20)14(15)2/h6-11H,12,20H2,1-5H3. The van der Waals surface area contributed by atoms with E-state index in [0.717, 1.165) is 22.6 Å². The van der Waals surface area contributed by atoms with Crippen LogP contribution in [0.3, 0.4) is 0 Å². The molecule has 0 saturated heterocycles. The highest BCUT2D eigenvalue weighted by atomic mass is 16.5. The molecule has 0 aliphatic rings. The summed E-state index contributed by atoms with van der Waals surface area (Å²) in [6.07, 6.45) is 0. The average Bonchev–Trinajstić information content (AvgIpc) is 2.40. The minimum absolute atomic E-state index is 0.160. The second-order valence-electron chi connectivity index (χ2n) is 6.65. The van der Waals surface area contributed by atoms with E-state index in [2.05, 4.69) is 52.0 Å². The highest BCUT2D eigenvalue weighted by Gasteiger charge is 2.14. The highest BCUT2D eigenvalue weighted by molar-refractivity contribution is 5.50. The third kappa shape index (κ3) is 3.57. The largest absolute Gasteiger partial charge is 0.489 e. The summed E-state index contributed by atoms with van der Waals surface area (Å²) >= 11 is 0. The number of rotatable bonds is 3. The van der Waals surface area contributed by atoms with Crippen LogP contribution in [-0.4, -0.2) is 0 Å². The molecule has 0 aromatic heterocycles. The summed E-state index contributed by atoms with van der Waals surface area (Å²) in [5.74, 6) is 0.935. The van der Waals surface area contributed by atoms with Crippen LogP contribution >= 0.6 is 0 Å². The number of aryl methyl sites for hydroxylation is 1. The van der Waals surface area contributed by atoms with Crippen LogP contribution in [0, 0.1) is 13.8 Å². The fourth-order valence-electron chi connectivity index (χ4n) is 2.29. The molecule has 2 heteroatoms. The van der Waals surface area contributed by atoms with Gasteiger partial charge in [0.25, 0.3) is 0 Å². The number of benzene rings is 2. The Morgan fingerprint density at radius 2 is 1.76 bits per heavy atom. The lowest BCUT2D eigenvalue weighted by Gasteiger charge is -2.21. The summed E-state index contributed by atoms with van der Waals surface area (Å²) in [6.45, 7) is 11.3. The van der Waals surface area contributed by atoms with Crippen molar-refractivity contribution in [1.82, 2.24) is 0 Å². The molecular weight excluding hydrogens is 258 g/mol. The monoisotopic (exact) mass is 283 g/mol. The van der Waals surface area contributed by atoms with E-state index in [0.29, 0.717) is 6.61 Å². The number of nitrogens with two attached hydrogens (primary N) is 1. The first-order valence-electron chi connectivity index (χ1n) is 7.37. The van der Waals surface area contributed by atoms with Gasteiger partial charge in [-0.15, -0.1) is 0 Å². The third-order valence-electron chi connectivity index (χ3n) is 3.91. The van der Waals surface area contributed by atoms with Gasteiger partial charge in [-0.2, -0.15) is 0 Å². The Labute approximate surface area is 127 Å². The maximum absolute atomic E-state index is 5.97. The summed E-state index contributed by atoms with van der Waals surface area (Å²) in [6, 6.07) is 12.4. The van der Waals surface area contributed by atoms with Crippen molar-refractivity contribution in [3.05, 3.63) is 58.7 Å². The van der Waals surface area contributed by atoms with E-state index < -0.39 is 0 Å². The lowest BCUT2D eigenvalue weighted by atomic mass is 9.86. The van der Waals surface area contributed by atoms with Gasteiger partial charge < -0.3 is 10.5 Å². The van der Waals surface area contributed by atoms with Crippen molar-refractivity contribution in [2.45, 2.75) is 46.6 Å². The van der Waals surface area contributed by atoms with Gasteiger partial charge in [0.05, 0.1) is 0 Å². The molecule has 0 heterocycles. The van der Waals surface area contributed by atoms with Crippen molar-refractivity contribution in [3.8, 4) is 5.75 Å². The third-order valence-corrected chi connectivity index (χ3v) is 3.91. The van der Waals surface area contributed by atoms with E-state index in [4.69, 9.17) is 10.5 Å². The summed E-state index contributed by atoms with van der Waals surface area (Å²) in [4.78, 5) is 0. The zero-order valence-electron chi connectivity index (χ0n) is 13.7. The molecule has 2 aromatic carbocycles. The van der Waals surface area contributed by atoms with Gasteiger partial charge in [0.2, 0.25) is 0 Å². The second-order valence-corrected chi connectivity index (χ2v) is 6.65. The topological polar surface area (TPSA) is 35.2 Å². The number of ether oxygens (including phenoxy) is 1. The van der Waals surface area contributed by atoms with E-state index in [-0.39, 0.29) is 5.41 Å². The first-order valence-corrected chi connectivity index (χ1v) is 7.37. The predicted octanol–water partition coefficient (Wildman–Crippen LogP) is 4.76. The summed E-state index contributed by atoms with van der Waals surface area (Å²) in [7, 11) is 0. The van der Waals surface area contributed by atoms with Crippen LogP contribution in [0.1, 0.15) is 43.0 Å². The zero-order valence-corrected chi connectivity index (χ0v) is 13.7. The minimum atomic E-state index is 0.160. The molecule has 0 bridgehead atoms. The molecule has 2 N–H and O–H groups in total. The van der Waals surface area contributed by atoms with Crippen LogP contribution in [0.5, 0.6) is 5.75 Å². The van der Waals surface area contributed by atoms with Gasteiger partial charge in [0.15, 0.2) is 0 Å². The number of hydrogen-bond acceptors (Lipinski definition) is 2. The SMILES string of the molecule is Cc1cc(C(C)(C)C)ccc1OCc1cccc(N)c1C. The molecule has 0 aliphatic heterocycles. The first kappa shape index (κ1) is 15.4. The zero-order chi connectivity index (χ0) is 15.6. The number of nitrogen functional groups attached to an aromatic ring is 1. The molecule has 112 valence electrons.